The van der Waals surface area contributed by atoms with Gasteiger partial charge in [0.05, 0.1) is 29.9 Å². The van der Waals surface area contributed by atoms with Crippen LogP contribution >= 0.6 is 11.6 Å². The Balaban J connectivity index is 1.96. The van der Waals surface area contributed by atoms with E-state index in [1.807, 2.05) is 37.3 Å². The van der Waals surface area contributed by atoms with Crippen molar-refractivity contribution in [2.45, 2.75) is 43.6 Å². The van der Waals surface area contributed by atoms with Crippen molar-refractivity contribution >= 4 is 28.3 Å². The lowest BCUT2D eigenvalue weighted by Crippen LogP contribution is -2.32. The first-order chi connectivity index (χ1) is 15.9. The summed E-state index contributed by atoms with van der Waals surface area (Å²) in [6, 6.07) is 11.1. The number of nitrogens with two attached hydrogens (primary N) is 1. The van der Waals surface area contributed by atoms with Crippen LogP contribution < -0.4 is 19.5 Å². The summed E-state index contributed by atoms with van der Waals surface area (Å²) in [5.41, 5.74) is 1.88. The maximum atomic E-state index is 12.0. The number of halogens is 1. The van der Waals surface area contributed by atoms with Gasteiger partial charge in [-0.2, -0.15) is 0 Å². The van der Waals surface area contributed by atoms with Gasteiger partial charge in [-0.3, -0.25) is 0 Å². The molecule has 0 saturated carbocycles. The predicted octanol–water partition coefficient (Wildman–Crippen LogP) is 4.67. The molecular formula is C25H33ClN2O4S. The normalized spacial score (nSPS) is 18.5. The van der Waals surface area contributed by atoms with Crippen molar-refractivity contribution < 1.29 is 18.8 Å². The van der Waals surface area contributed by atoms with Crippen LogP contribution in [0.2, 0.25) is 5.02 Å². The summed E-state index contributed by atoms with van der Waals surface area (Å²) >= 11 is 6.22. The number of ether oxygens (including phenoxy) is 2. The maximum absolute atomic E-state index is 12.0. The SMILES string of the molecule is C=CC(O)C(CC)CCN1CC(c2ccc(Cl)cc2OCC)COc2ccc(S(N)=O)cc21. The van der Waals surface area contributed by atoms with Crippen LogP contribution in [-0.2, 0) is 11.0 Å². The molecule has 8 heteroatoms. The van der Waals surface area contributed by atoms with Crippen LogP contribution in [0.4, 0.5) is 5.69 Å². The number of nitrogens with zero attached hydrogens (tertiary/aromatic N) is 1. The van der Waals surface area contributed by atoms with Gasteiger partial charge in [0.2, 0.25) is 0 Å². The van der Waals surface area contributed by atoms with Crippen LogP contribution in [-0.4, -0.2) is 41.7 Å². The first-order valence-electron chi connectivity index (χ1n) is 11.3. The molecule has 0 radical (unpaired) electrons. The standard InChI is InChI=1S/C25H33ClN2O4S/c1-4-17(23(29)5-2)11-12-28-15-18(21-9-7-19(26)13-25(21)31-6-3)16-32-24-10-8-20(33(27)30)14-22(24)28/h5,7-10,13-14,17-18,23,29H,2,4,6,11-12,15-16,27H2,1,3H3. The van der Waals surface area contributed by atoms with E-state index in [4.69, 9.17) is 26.2 Å². The lowest BCUT2D eigenvalue weighted by Gasteiger charge is -2.30. The van der Waals surface area contributed by atoms with Gasteiger partial charge in [0.1, 0.15) is 22.5 Å². The number of aliphatic hydroxyl groups is 1. The first-order valence-corrected chi connectivity index (χ1v) is 12.9. The van der Waals surface area contributed by atoms with Crippen LogP contribution in [0, 0.1) is 5.92 Å². The highest BCUT2D eigenvalue weighted by Crippen LogP contribution is 2.39. The number of hydrogen-bond acceptors (Lipinski definition) is 5. The Morgan fingerprint density at radius 1 is 1.36 bits per heavy atom. The molecule has 0 bridgehead atoms. The second-order valence-corrected chi connectivity index (χ2v) is 9.68. The smallest absolute Gasteiger partial charge is 0.142 e. The Labute approximate surface area is 203 Å². The summed E-state index contributed by atoms with van der Waals surface area (Å²) < 4.78 is 24.0. The molecule has 1 heterocycles. The maximum Gasteiger partial charge on any atom is 0.142 e. The lowest BCUT2D eigenvalue weighted by molar-refractivity contribution is 0.145. The molecule has 3 rings (SSSR count). The third kappa shape index (κ3) is 6.29. The van der Waals surface area contributed by atoms with Gasteiger partial charge in [-0.1, -0.05) is 37.1 Å². The van der Waals surface area contributed by atoms with Crippen molar-refractivity contribution in [1.82, 2.24) is 0 Å². The highest BCUT2D eigenvalue weighted by atomic mass is 35.5. The summed E-state index contributed by atoms with van der Waals surface area (Å²) in [7, 11) is -1.59. The molecule has 3 N–H and O–H groups in total. The Hall–Kier alpha value is -2.06. The zero-order valence-electron chi connectivity index (χ0n) is 19.2. The summed E-state index contributed by atoms with van der Waals surface area (Å²) in [4.78, 5) is 2.77. The molecule has 1 aliphatic rings. The average Bonchev–Trinajstić information content (AvgIpc) is 2.98. The van der Waals surface area contributed by atoms with Crippen LogP contribution in [0.1, 0.15) is 38.2 Å². The van der Waals surface area contributed by atoms with Crippen LogP contribution in [0.25, 0.3) is 0 Å². The third-order valence-corrected chi connectivity index (χ3v) is 7.07. The van der Waals surface area contributed by atoms with E-state index in [0.717, 1.165) is 35.6 Å². The summed E-state index contributed by atoms with van der Waals surface area (Å²) in [5, 5.41) is 16.6. The van der Waals surface area contributed by atoms with Crippen molar-refractivity contribution in [2.24, 2.45) is 11.1 Å². The highest BCUT2D eigenvalue weighted by Gasteiger charge is 2.28. The zero-order valence-corrected chi connectivity index (χ0v) is 20.8. The minimum atomic E-state index is -1.59. The molecule has 6 nitrogen and oxygen atoms in total. The molecule has 2 aromatic carbocycles. The Bertz CT molecular complexity index is 987. The van der Waals surface area contributed by atoms with E-state index in [1.165, 1.54) is 0 Å². The van der Waals surface area contributed by atoms with Gasteiger partial charge in [0, 0.05) is 29.6 Å². The quantitative estimate of drug-likeness (QED) is 0.471. The number of rotatable bonds is 10. The van der Waals surface area contributed by atoms with Crippen molar-refractivity contribution in [3.8, 4) is 11.5 Å². The molecule has 0 amide bonds. The van der Waals surface area contributed by atoms with Crippen molar-refractivity contribution in [3.63, 3.8) is 0 Å². The van der Waals surface area contributed by atoms with Gasteiger partial charge in [0.25, 0.3) is 0 Å². The molecule has 0 aromatic heterocycles. The molecule has 180 valence electrons. The van der Waals surface area contributed by atoms with Gasteiger partial charge in [0.15, 0.2) is 0 Å². The second kappa shape index (κ2) is 11.9. The molecule has 4 atom stereocenters. The topological polar surface area (TPSA) is 85.0 Å². The monoisotopic (exact) mass is 492 g/mol. The number of anilines is 1. The molecule has 0 spiro atoms. The lowest BCUT2D eigenvalue weighted by atomic mass is 9.94. The molecular weight excluding hydrogens is 460 g/mol. The van der Waals surface area contributed by atoms with Gasteiger partial charge >= 0.3 is 0 Å². The summed E-state index contributed by atoms with van der Waals surface area (Å²) in [6.07, 6.45) is 2.64. The van der Waals surface area contributed by atoms with Crippen molar-refractivity contribution in [1.29, 1.82) is 0 Å². The predicted molar refractivity (Wildman–Crippen MR) is 135 cm³/mol. The number of hydrogen-bond donors (Lipinski definition) is 2. The Morgan fingerprint density at radius 2 is 2.15 bits per heavy atom. The first kappa shape index (κ1) is 25.6. The minimum Gasteiger partial charge on any atom is -0.494 e. The molecule has 4 unspecified atom stereocenters. The van der Waals surface area contributed by atoms with E-state index in [2.05, 4.69) is 18.4 Å². The zero-order chi connectivity index (χ0) is 24.0. The van der Waals surface area contributed by atoms with E-state index >= 15 is 0 Å². The fourth-order valence-electron chi connectivity index (χ4n) is 4.26. The number of benzene rings is 2. The molecule has 33 heavy (non-hydrogen) atoms. The van der Waals surface area contributed by atoms with E-state index < -0.39 is 17.1 Å². The second-order valence-electron chi connectivity index (χ2n) is 8.18. The van der Waals surface area contributed by atoms with E-state index in [9.17, 15) is 9.32 Å². The third-order valence-electron chi connectivity index (χ3n) is 6.12. The van der Waals surface area contributed by atoms with Gasteiger partial charge in [-0.05, 0) is 49.6 Å². The molecule has 0 saturated heterocycles. The highest BCUT2D eigenvalue weighted by molar-refractivity contribution is 7.82. The molecule has 2 aromatic rings. The van der Waals surface area contributed by atoms with Crippen molar-refractivity contribution in [2.75, 3.05) is 31.2 Å². The Morgan fingerprint density at radius 3 is 2.82 bits per heavy atom. The van der Waals surface area contributed by atoms with Gasteiger partial charge in [-0.25, -0.2) is 9.35 Å². The average molecular weight is 493 g/mol. The largest absolute Gasteiger partial charge is 0.494 e. The van der Waals surface area contributed by atoms with Crippen molar-refractivity contribution in [3.05, 3.63) is 59.6 Å². The summed E-state index contributed by atoms with van der Waals surface area (Å²) in [6.45, 7) is 10.1. The van der Waals surface area contributed by atoms with E-state index in [-0.39, 0.29) is 11.8 Å². The van der Waals surface area contributed by atoms with Gasteiger partial charge < -0.3 is 19.5 Å². The number of fused-ring (bicyclic) bond motifs is 1. The Kier molecular flexibility index (Phi) is 9.20. The fourth-order valence-corrected chi connectivity index (χ4v) is 4.85. The summed E-state index contributed by atoms with van der Waals surface area (Å²) in [5.74, 6) is 1.58. The van der Waals surface area contributed by atoms with Crippen LogP contribution in [0.5, 0.6) is 11.5 Å². The number of aliphatic hydroxyl groups excluding tert-OH is 1. The molecule has 1 aliphatic heterocycles. The van der Waals surface area contributed by atoms with Crippen LogP contribution in [0.15, 0.2) is 53.9 Å². The fraction of sp³-hybridized carbons (Fsp3) is 0.440. The minimum absolute atomic E-state index is 0.0208. The molecule has 0 aliphatic carbocycles. The van der Waals surface area contributed by atoms with E-state index in [0.29, 0.717) is 36.2 Å². The van der Waals surface area contributed by atoms with Gasteiger partial charge in [-0.15, -0.1) is 6.58 Å². The van der Waals surface area contributed by atoms with Crippen LogP contribution in [0.3, 0.4) is 0 Å². The van der Waals surface area contributed by atoms with E-state index in [1.54, 1.807) is 12.1 Å². The molecule has 0 fully saturated rings.